The lowest BCUT2D eigenvalue weighted by Gasteiger charge is -2.15. The van der Waals surface area contributed by atoms with Crippen LogP contribution in [0.3, 0.4) is 0 Å². The average Bonchev–Trinajstić information content (AvgIpc) is 2.62. The Morgan fingerprint density at radius 2 is 1.78 bits per heavy atom. The highest BCUT2D eigenvalue weighted by atomic mass is 19.1. The number of rotatable bonds is 7. The highest BCUT2D eigenvalue weighted by molar-refractivity contribution is 5.64. The van der Waals surface area contributed by atoms with Crippen LogP contribution in [0.1, 0.15) is 25.1 Å². The van der Waals surface area contributed by atoms with E-state index in [-0.39, 0.29) is 11.9 Å². The van der Waals surface area contributed by atoms with Crippen LogP contribution in [-0.4, -0.2) is 16.1 Å². The number of nitrogens with zero attached hydrogens (tertiary/aromatic N) is 2. The molecular formula is C21H23FN4O. The van der Waals surface area contributed by atoms with Crippen molar-refractivity contribution in [2.75, 3.05) is 10.6 Å². The highest BCUT2D eigenvalue weighted by Crippen LogP contribution is 2.28. The molecule has 1 heterocycles. The minimum atomic E-state index is -0.251. The standard InChI is InChI=1S/C21H23FN4O/c1-14(2)27-19-7-5-4-6-18(19)25-20-12-15(3)24-21(26-20)23-13-16-8-10-17(22)11-9-16/h4-12,14H,13H2,1-3H3,(H2,23,24,25,26). The molecule has 2 N–H and O–H groups in total. The van der Waals surface area contributed by atoms with Crippen LogP contribution in [0.15, 0.2) is 54.6 Å². The lowest BCUT2D eigenvalue weighted by Crippen LogP contribution is -2.09. The zero-order chi connectivity index (χ0) is 19.2. The Morgan fingerprint density at radius 3 is 2.52 bits per heavy atom. The van der Waals surface area contributed by atoms with Gasteiger partial charge in [0.15, 0.2) is 0 Å². The number of halogens is 1. The van der Waals surface area contributed by atoms with Crippen LogP contribution in [0.5, 0.6) is 5.75 Å². The van der Waals surface area contributed by atoms with Crippen molar-refractivity contribution in [1.82, 2.24) is 9.97 Å². The van der Waals surface area contributed by atoms with Crippen molar-refractivity contribution < 1.29 is 9.13 Å². The molecule has 0 aliphatic rings. The normalized spacial score (nSPS) is 10.7. The van der Waals surface area contributed by atoms with Crippen molar-refractivity contribution in [3.8, 4) is 5.75 Å². The van der Waals surface area contributed by atoms with Gasteiger partial charge < -0.3 is 15.4 Å². The molecule has 0 spiro atoms. The maximum atomic E-state index is 13.0. The van der Waals surface area contributed by atoms with Gasteiger partial charge in [0.1, 0.15) is 17.4 Å². The van der Waals surface area contributed by atoms with Crippen molar-refractivity contribution in [2.24, 2.45) is 0 Å². The second kappa shape index (κ2) is 8.49. The number of hydrogen-bond donors (Lipinski definition) is 2. The monoisotopic (exact) mass is 366 g/mol. The van der Waals surface area contributed by atoms with E-state index in [0.717, 1.165) is 22.7 Å². The van der Waals surface area contributed by atoms with Gasteiger partial charge in [-0.25, -0.2) is 9.37 Å². The molecule has 140 valence electrons. The molecule has 1 aromatic heterocycles. The topological polar surface area (TPSA) is 59.1 Å². The second-order valence-electron chi connectivity index (χ2n) is 6.49. The Labute approximate surface area is 158 Å². The van der Waals surface area contributed by atoms with E-state index in [2.05, 4.69) is 20.6 Å². The van der Waals surface area contributed by atoms with Gasteiger partial charge >= 0.3 is 0 Å². The van der Waals surface area contributed by atoms with Gasteiger partial charge in [0.05, 0.1) is 11.8 Å². The van der Waals surface area contributed by atoms with E-state index < -0.39 is 0 Å². The summed E-state index contributed by atoms with van der Waals surface area (Å²) in [5.41, 5.74) is 2.62. The molecule has 0 bridgehead atoms. The molecular weight excluding hydrogens is 343 g/mol. The Hall–Kier alpha value is -3.15. The van der Waals surface area contributed by atoms with E-state index >= 15 is 0 Å². The lowest BCUT2D eigenvalue weighted by molar-refractivity contribution is 0.244. The van der Waals surface area contributed by atoms with E-state index in [9.17, 15) is 4.39 Å². The SMILES string of the molecule is Cc1cc(Nc2ccccc2OC(C)C)nc(NCc2ccc(F)cc2)n1. The van der Waals surface area contributed by atoms with Gasteiger partial charge in [0.2, 0.25) is 5.95 Å². The number of ether oxygens (including phenoxy) is 1. The molecule has 27 heavy (non-hydrogen) atoms. The van der Waals surface area contributed by atoms with Gasteiger partial charge in [-0.1, -0.05) is 24.3 Å². The fraction of sp³-hybridized carbons (Fsp3) is 0.238. The molecule has 0 saturated carbocycles. The largest absolute Gasteiger partial charge is 0.489 e. The molecule has 0 radical (unpaired) electrons. The predicted octanol–water partition coefficient (Wildman–Crippen LogP) is 5.07. The fourth-order valence-electron chi connectivity index (χ4n) is 2.56. The molecule has 0 aliphatic heterocycles. The number of benzene rings is 2. The number of nitrogens with one attached hydrogen (secondary N) is 2. The smallest absolute Gasteiger partial charge is 0.225 e. The molecule has 0 atom stereocenters. The molecule has 0 amide bonds. The van der Waals surface area contributed by atoms with E-state index in [0.29, 0.717) is 18.3 Å². The minimum Gasteiger partial charge on any atom is -0.489 e. The molecule has 0 saturated heterocycles. The number of anilines is 3. The Balaban J connectivity index is 1.74. The van der Waals surface area contributed by atoms with Crippen molar-refractivity contribution >= 4 is 17.5 Å². The summed E-state index contributed by atoms with van der Waals surface area (Å²) in [6.45, 7) is 6.40. The van der Waals surface area contributed by atoms with Crippen molar-refractivity contribution in [3.05, 3.63) is 71.7 Å². The summed E-state index contributed by atoms with van der Waals surface area (Å²) in [6.07, 6.45) is 0.0769. The van der Waals surface area contributed by atoms with E-state index in [1.54, 1.807) is 12.1 Å². The second-order valence-corrected chi connectivity index (χ2v) is 6.49. The van der Waals surface area contributed by atoms with Gasteiger partial charge in [-0.05, 0) is 50.6 Å². The summed E-state index contributed by atoms with van der Waals surface area (Å²) >= 11 is 0. The molecule has 0 unspecified atom stereocenters. The maximum absolute atomic E-state index is 13.0. The van der Waals surface area contributed by atoms with Gasteiger partial charge in [-0.2, -0.15) is 4.98 Å². The van der Waals surface area contributed by atoms with Crippen molar-refractivity contribution in [2.45, 2.75) is 33.4 Å². The van der Waals surface area contributed by atoms with Gasteiger partial charge in [0, 0.05) is 18.3 Å². The summed E-state index contributed by atoms with van der Waals surface area (Å²) in [7, 11) is 0. The summed E-state index contributed by atoms with van der Waals surface area (Å²) in [4.78, 5) is 8.93. The molecule has 3 aromatic rings. The minimum absolute atomic E-state index is 0.0769. The first kappa shape index (κ1) is 18.6. The van der Waals surface area contributed by atoms with Crippen LogP contribution >= 0.6 is 0 Å². The highest BCUT2D eigenvalue weighted by Gasteiger charge is 2.08. The quantitative estimate of drug-likeness (QED) is 0.611. The molecule has 0 aliphatic carbocycles. The van der Waals surface area contributed by atoms with Crippen LogP contribution in [0.4, 0.5) is 21.8 Å². The number of aryl methyl sites for hydroxylation is 1. The van der Waals surface area contributed by atoms with Crippen molar-refractivity contribution in [3.63, 3.8) is 0 Å². The molecule has 6 heteroatoms. The average molecular weight is 366 g/mol. The third kappa shape index (κ3) is 5.41. The van der Waals surface area contributed by atoms with Crippen LogP contribution in [0.2, 0.25) is 0 Å². The molecule has 5 nitrogen and oxygen atoms in total. The van der Waals surface area contributed by atoms with Crippen molar-refractivity contribution in [1.29, 1.82) is 0 Å². The first-order valence-electron chi connectivity index (χ1n) is 8.86. The van der Waals surface area contributed by atoms with Gasteiger partial charge in [0.25, 0.3) is 0 Å². The third-order valence-corrected chi connectivity index (χ3v) is 3.73. The van der Waals surface area contributed by atoms with Crippen LogP contribution in [0, 0.1) is 12.7 Å². The maximum Gasteiger partial charge on any atom is 0.225 e. The Bertz CT molecular complexity index is 897. The summed E-state index contributed by atoms with van der Waals surface area (Å²) in [5, 5.41) is 6.48. The zero-order valence-electron chi connectivity index (χ0n) is 15.7. The first-order valence-corrected chi connectivity index (χ1v) is 8.86. The summed E-state index contributed by atoms with van der Waals surface area (Å²) in [5.74, 6) is 1.69. The third-order valence-electron chi connectivity index (χ3n) is 3.73. The lowest BCUT2D eigenvalue weighted by atomic mass is 10.2. The summed E-state index contributed by atoms with van der Waals surface area (Å²) < 4.78 is 18.9. The zero-order valence-corrected chi connectivity index (χ0v) is 15.7. The first-order chi connectivity index (χ1) is 13.0. The number of hydrogen-bond acceptors (Lipinski definition) is 5. The van der Waals surface area contributed by atoms with E-state index in [4.69, 9.17) is 4.74 Å². The molecule has 0 fully saturated rings. The van der Waals surface area contributed by atoms with Crippen LogP contribution in [0.25, 0.3) is 0 Å². The number of aromatic nitrogens is 2. The Morgan fingerprint density at radius 1 is 1.04 bits per heavy atom. The van der Waals surface area contributed by atoms with Gasteiger partial charge in [-0.3, -0.25) is 0 Å². The molecule has 3 rings (SSSR count). The fourth-order valence-corrected chi connectivity index (χ4v) is 2.56. The number of para-hydroxylation sites is 2. The van der Waals surface area contributed by atoms with E-state index in [1.807, 2.05) is 51.1 Å². The Kier molecular flexibility index (Phi) is 5.86. The molecule has 2 aromatic carbocycles. The van der Waals surface area contributed by atoms with Crippen LogP contribution in [-0.2, 0) is 6.54 Å². The van der Waals surface area contributed by atoms with Crippen LogP contribution < -0.4 is 15.4 Å². The summed E-state index contributed by atoms with van der Waals surface area (Å²) in [6, 6.07) is 16.0. The van der Waals surface area contributed by atoms with E-state index in [1.165, 1.54) is 12.1 Å². The predicted molar refractivity (Wildman–Crippen MR) is 106 cm³/mol. The van der Waals surface area contributed by atoms with Gasteiger partial charge in [-0.15, -0.1) is 0 Å².